The van der Waals surface area contributed by atoms with E-state index in [1.807, 2.05) is 6.92 Å². The van der Waals surface area contributed by atoms with E-state index in [1.165, 1.54) is 11.8 Å². The van der Waals surface area contributed by atoms with Gasteiger partial charge in [-0.3, -0.25) is 4.79 Å². The smallest absolute Gasteiger partial charge is 0.267 e. The molecule has 0 unspecified atom stereocenters. The van der Waals surface area contributed by atoms with Gasteiger partial charge in [-0.1, -0.05) is 26.5 Å². The number of halogens is 3. The molecule has 1 N–H and O–H groups in total. The van der Waals surface area contributed by atoms with Gasteiger partial charge in [-0.05, 0) is 62.3 Å². The molecule has 1 saturated heterocycles. The molecule has 2 atom stereocenters. The van der Waals surface area contributed by atoms with Crippen LogP contribution in [0.1, 0.15) is 59.0 Å². The molecule has 2 heterocycles. The lowest BCUT2D eigenvalue weighted by Gasteiger charge is -2.29. The molecular formula is C25H36F3N3O. The van der Waals surface area contributed by atoms with Gasteiger partial charge in [0.1, 0.15) is 17.3 Å². The molecule has 4 nitrogen and oxygen atoms in total. The van der Waals surface area contributed by atoms with Crippen molar-refractivity contribution in [3.63, 3.8) is 0 Å². The lowest BCUT2D eigenvalue weighted by molar-refractivity contribution is -0.104. The number of aliphatic imine (C=N–C) groups is 1. The third-order valence-corrected chi connectivity index (χ3v) is 6.26. The molecule has 1 aromatic rings. The monoisotopic (exact) mass is 451 g/mol. The Kier molecular flexibility index (Phi) is 8.70. The highest BCUT2D eigenvalue weighted by atomic mass is 19.3. The van der Waals surface area contributed by atoms with Crippen LogP contribution in [-0.4, -0.2) is 36.0 Å². The van der Waals surface area contributed by atoms with Gasteiger partial charge in [0.2, 0.25) is 0 Å². The Balaban J connectivity index is 0.000000322. The third-order valence-electron chi connectivity index (χ3n) is 6.26. The second kappa shape index (κ2) is 10.8. The number of alkyl halides is 2. The summed E-state index contributed by atoms with van der Waals surface area (Å²) in [5.74, 6) is -1.85. The van der Waals surface area contributed by atoms with E-state index in [2.05, 4.69) is 23.8 Å². The summed E-state index contributed by atoms with van der Waals surface area (Å²) >= 11 is 0. The highest BCUT2D eigenvalue weighted by molar-refractivity contribution is 5.89. The van der Waals surface area contributed by atoms with Gasteiger partial charge in [-0.15, -0.1) is 0 Å². The SMILES string of the molecule is C/C=C(\C=O)N=C1CC[C@H](C(F)(F)CC)N1C.C=C1Nc2c(C)cc(F)cc2CC[C@@H]1C.[HH]. The fourth-order valence-electron chi connectivity index (χ4n) is 4.01. The maximum atomic E-state index is 13.6. The fraction of sp³-hybridized carbons (Fsp3) is 0.520. The van der Waals surface area contributed by atoms with Gasteiger partial charge >= 0.3 is 0 Å². The first-order valence-electron chi connectivity index (χ1n) is 11.1. The van der Waals surface area contributed by atoms with Crippen LogP contribution in [0.3, 0.4) is 0 Å². The third kappa shape index (κ3) is 6.02. The molecule has 0 saturated carbocycles. The topological polar surface area (TPSA) is 44.7 Å². The molecule has 0 radical (unpaired) electrons. The van der Waals surface area contributed by atoms with Crippen LogP contribution < -0.4 is 5.32 Å². The number of fused-ring (bicyclic) bond motifs is 1. The Morgan fingerprint density at radius 2 is 2.06 bits per heavy atom. The van der Waals surface area contributed by atoms with E-state index in [1.54, 1.807) is 32.2 Å². The molecule has 32 heavy (non-hydrogen) atoms. The summed E-state index contributed by atoms with van der Waals surface area (Å²) in [6.45, 7) is 11.3. The summed E-state index contributed by atoms with van der Waals surface area (Å²) in [6, 6.07) is 2.38. The molecule has 0 aliphatic carbocycles. The summed E-state index contributed by atoms with van der Waals surface area (Å²) in [5, 5.41) is 3.31. The number of likely N-dealkylation sites (tertiary alicyclic amines) is 1. The summed E-state index contributed by atoms with van der Waals surface area (Å²) < 4.78 is 40.4. The Hall–Kier alpha value is -2.57. The number of allylic oxidation sites excluding steroid dienone is 3. The van der Waals surface area contributed by atoms with E-state index in [9.17, 15) is 18.0 Å². The molecule has 0 bridgehead atoms. The highest BCUT2D eigenvalue weighted by Gasteiger charge is 2.44. The Morgan fingerprint density at radius 1 is 1.38 bits per heavy atom. The predicted octanol–water partition coefficient (Wildman–Crippen LogP) is 6.52. The van der Waals surface area contributed by atoms with Crippen molar-refractivity contribution in [3.05, 3.63) is 53.1 Å². The highest BCUT2D eigenvalue weighted by Crippen LogP contribution is 2.34. The average Bonchev–Trinajstić information content (AvgIpc) is 3.06. The molecule has 0 aromatic heterocycles. The van der Waals surface area contributed by atoms with Crippen molar-refractivity contribution < 1.29 is 19.4 Å². The van der Waals surface area contributed by atoms with E-state index in [4.69, 9.17) is 0 Å². The number of hydrogen-bond acceptors (Lipinski definition) is 3. The zero-order valence-corrected chi connectivity index (χ0v) is 19.6. The molecule has 1 fully saturated rings. The lowest BCUT2D eigenvalue weighted by atomic mass is 10.00. The molecular weight excluding hydrogens is 415 g/mol. The molecule has 7 heteroatoms. The first-order valence-corrected chi connectivity index (χ1v) is 11.1. The van der Waals surface area contributed by atoms with Crippen molar-refractivity contribution in [2.75, 3.05) is 12.4 Å². The molecule has 0 spiro atoms. The van der Waals surface area contributed by atoms with Gasteiger partial charge in [-0.25, -0.2) is 18.2 Å². The second-order valence-electron chi connectivity index (χ2n) is 8.49. The molecule has 0 amide bonds. The van der Waals surface area contributed by atoms with Crippen molar-refractivity contribution in [2.24, 2.45) is 10.9 Å². The molecule has 2 aliphatic rings. The number of nitrogens with one attached hydrogen (secondary N) is 1. The zero-order valence-electron chi connectivity index (χ0n) is 19.6. The number of nitrogens with zero attached hydrogens (tertiary/aromatic N) is 2. The number of carbonyl (C=O) groups excluding carboxylic acids is 1. The van der Waals surface area contributed by atoms with Crippen LogP contribution in [-0.2, 0) is 11.2 Å². The van der Waals surface area contributed by atoms with Crippen LogP contribution in [0, 0.1) is 18.7 Å². The Bertz CT molecular complexity index is 914. The van der Waals surface area contributed by atoms with Crippen LogP contribution in [0.25, 0.3) is 0 Å². The van der Waals surface area contributed by atoms with Gasteiger partial charge in [-0.2, -0.15) is 0 Å². The average molecular weight is 452 g/mol. The van der Waals surface area contributed by atoms with Gasteiger partial charge in [0.15, 0.2) is 6.29 Å². The van der Waals surface area contributed by atoms with E-state index >= 15 is 0 Å². The minimum absolute atomic E-state index is 0. The van der Waals surface area contributed by atoms with Gasteiger partial charge < -0.3 is 10.2 Å². The Labute approximate surface area is 190 Å². The van der Waals surface area contributed by atoms with Gasteiger partial charge in [0.05, 0.1) is 6.04 Å². The maximum Gasteiger partial charge on any atom is 0.267 e. The van der Waals surface area contributed by atoms with Crippen molar-refractivity contribution in [1.82, 2.24) is 4.90 Å². The van der Waals surface area contributed by atoms with E-state index < -0.39 is 12.0 Å². The lowest BCUT2D eigenvalue weighted by Crippen LogP contribution is -2.42. The van der Waals surface area contributed by atoms with Crippen molar-refractivity contribution in [2.45, 2.75) is 71.8 Å². The minimum Gasteiger partial charge on any atom is -0.359 e. The van der Waals surface area contributed by atoms with E-state index in [0.717, 1.165) is 35.4 Å². The van der Waals surface area contributed by atoms with Crippen LogP contribution in [0.15, 0.2) is 41.2 Å². The first-order chi connectivity index (χ1) is 15.0. The minimum atomic E-state index is -2.71. The Morgan fingerprint density at radius 3 is 2.66 bits per heavy atom. The van der Waals surface area contributed by atoms with Crippen LogP contribution in [0.5, 0.6) is 0 Å². The molecule has 178 valence electrons. The number of hydrogen-bond donors (Lipinski definition) is 1. The number of anilines is 1. The van der Waals surface area contributed by atoms with Crippen molar-refractivity contribution in [1.29, 1.82) is 0 Å². The van der Waals surface area contributed by atoms with Gasteiger partial charge in [0.25, 0.3) is 5.92 Å². The molecule has 2 aliphatic heterocycles. The van der Waals surface area contributed by atoms with Crippen molar-refractivity contribution in [3.8, 4) is 0 Å². The first kappa shape index (κ1) is 25.7. The van der Waals surface area contributed by atoms with Crippen LogP contribution >= 0.6 is 0 Å². The number of benzene rings is 1. The van der Waals surface area contributed by atoms with Crippen LogP contribution in [0.2, 0.25) is 0 Å². The summed E-state index contributed by atoms with van der Waals surface area (Å²) in [4.78, 5) is 16.2. The number of amidine groups is 1. The number of aryl methyl sites for hydroxylation is 2. The van der Waals surface area contributed by atoms with Crippen LogP contribution in [0.4, 0.5) is 18.9 Å². The summed E-state index contributed by atoms with van der Waals surface area (Å²) in [5.41, 5.74) is 4.39. The normalized spacial score (nSPS) is 22.6. The summed E-state index contributed by atoms with van der Waals surface area (Å²) in [6.07, 6.45) is 4.83. The molecule has 3 rings (SSSR count). The number of rotatable bonds is 4. The van der Waals surface area contributed by atoms with Crippen molar-refractivity contribution >= 4 is 17.8 Å². The zero-order chi connectivity index (χ0) is 24.1. The summed E-state index contributed by atoms with van der Waals surface area (Å²) in [7, 11) is 1.61. The second-order valence-corrected chi connectivity index (χ2v) is 8.49. The quantitative estimate of drug-likeness (QED) is 0.419. The predicted molar refractivity (Wildman–Crippen MR) is 127 cm³/mol. The molecule has 1 aromatic carbocycles. The largest absolute Gasteiger partial charge is 0.359 e. The maximum absolute atomic E-state index is 13.6. The number of carbonyl (C=O) groups is 1. The standard InChI is InChI=1S/C13H16FN.C12H18F2N2O.H2/c1-8-4-5-11-7-12(14)6-9(2)13(11)15-10(8)3;1-4-9(8-17)15-11-7-6-10(16(11)3)12(13,14)5-2;/h6-8,15H,3-5H2,1-2H3;4,8,10H,5-7H2,1-3H3;1H/b;9-4+,15-11?;/t8-;10-;/m01./s1. The van der Waals surface area contributed by atoms with Gasteiger partial charge in [0, 0.05) is 32.7 Å². The van der Waals surface area contributed by atoms with E-state index in [-0.39, 0.29) is 19.4 Å². The number of aldehydes is 1. The van der Waals surface area contributed by atoms with E-state index in [0.29, 0.717) is 30.9 Å². The fourth-order valence-corrected chi connectivity index (χ4v) is 4.01.